The van der Waals surface area contributed by atoms with Crippen molar-refractivity contribution in [3.05, 3.63) is 59.4 Å². The van der Waals surface area contributed by atoms with E-state index in [1.165, 1.54) is 17.2 Å². The molecule has 0 saturated carbocycles. The summed E-state index contributed by atoms with van der Waals surface area (Å²) in [6, 6.07) is 12.8. The molecule has 0 aliphatic carbocycles. The Balaban J connectivity index is 1.85. The highest BCUT2D eigenvalue weighted by Crippen LogP contribution is 2.38. The van der Waals surface area contributed by atoms with Crippen LogP contribution in [0.15, 0.2) is 42.5 Å². The number of carbonyl (C=O) groups excluding carboxylic acids is 1. The predicted octanol–water partition coefficient (Wildman–Crippen LogP) is 2.71. The monoisotopic (exact) mass is 268 g/mol. The molecule has 0 radical (unpaired) electrons. The highest BCUT2D eigenvalue weighted by molar-refractivity contribution is 6.04. The molecule has 2 aliphatic heterocycles. The molecule has 0 bridgehead atoms. The van der Waals surface area contributed by atoms with Crippen LogP contribution in [0.4, 0.5) is 15.8 Å². The Morgan fingerprint density at radius 1 is 1.10 bits per heavy atom. The van der Waals surface area contributed by atoms with Gasteiger partial charge < -0.3 is 10.2 Å². The SMILES string of the molecule is O=C1Nc2c(F)cccc2N2Cc3ccccc3CC12. The summed E-state index contributed by atoms with van der Waals surface area (Å²) >= 11 is 0. The molecule has 4 rings (SSSR count). The Labute approximate surface area is 116 Å². The molecule has 2 aliphatic rings. The van der Waals surface area contributed by atoms with Gasteiger partial charge in [0.05, 0.1) is 5.69 Å². The van der Waals surface area contributed by atoms with Gasteiger partial charge in [-0.2, -0.15) is 0 Å². The Morgan fingerprint density at radius 2 is 1.90 bits per heavy atom. The zero-order valence-electron chi connectivity index (χ0n) is 10.8. The standard InChI is InChI=1S/C16H13FN2O/c17-12-6-3-7-13-15(12)18-16(20)14-8-10-4-1-2-5-11(10)9-19(13)14/h1-7,14H,8-9H2,(H,18,20). The third-order valence-electron chi connectivity index (χ3n) is 4.10. The van der Waals surface area contributed by atoms with Crippen molar-refractivity contribution in [2.24, 2.45) is 0 Å². The maximum atomic E-state index is 13.9. The van der Waals surface area contributed by atoms with Gasteiger partial charge in [0.25, 0.3) is 0 Å². The zero-order valence-corrected chi connectivity index (χ0v) is 10.8. The first-order chi connectivity index (χ1) is 9.74. The number of benzene rings is 2. The molecule has 0 saturated heterocycles. The number of para-hydroxylation sites is 1. The lowest BCUT2D eigenvalue weighted by molar-refractivity contribution is -0.117. The van der Waals surface area contributed by atoms with Crippen LogP contribution in [0.3, 0.4) is 0 Å². The first kappa shape index (κ1) is 11.5. The molecule has 2 heterocycles. The predicted molar refractivity (Wildman–Crippen MR) is 75.1 cm³/mol. The van der Waals surface area contributed by atoms with E-state index in [4.69, 9.17) is 0 Å². The molecule has 3 nitrogen and oxygen atoms in total. The third-order valence-corrected chi connectivity index (χ3v) is 4.10. The van der Waals surface area contributed by atoms with Gasteiger partial charge in [-0.25, -0.2) is 4.39 Å². The topological polar surface area (TPSA) is 32.3 Å². The van der Waals surface area contributed by atoms with Crippen LogP contribution in [0, 0.1) is 5.82 Å². The Bertz CT molecular complexity index is 713. The fraction of sp³-hybridized carbons (Fsp3) is 0.188. The van der Waals surface area contributed by atoms with Crippen LogP contribution in [0.1, 0.15) is 11.1 Å². The maximum absolute atomic E-state index is 13.9. The molecule has 0 aromatic heterocycles. The average molecular weight is 268 g/mol. The average Bonchev–Trinajstić information content (AvgIpc) is 2.47. The third kappa shape index (κ3) is 1.54. The second-order valence-electron chi connectivity index (χ2n) is 5.24. The normalized spacial score (nSPS) is 19.8. The lowest BCUT2D eigenvalue weighted by Crippen LogP contribution is -2.51. The smallest absolute Gasteiger partial charge is 0.247 e. The number of hydrogen-bond donors (Lipinski definition) is 1. The van der Waals surface area contributed by atoms with Crippen LogP contribution in [0.2, 0.25) is 0 Å². The molecule has 0 fully saturated rings. The van der Waals surface area contributed by atoms with Gasteiger partial charge in [0.2, 0.25) is 5.91 Å². The molecular weight excluding hydrogens is 255 g/mol. The maximum Gasteiger partial charge on any atom is 0.247 e. The van der Waals surface area contributed by atoms with E-state index in [1.807, 2.05) is 23.1 Å². The number of fused-ring (bicyclic) bond motifs is 4. The molecular formula is C16H13FN2O. The van der Waals surface area contributed by atoms with Crippen molar-refractivity contribution >= 4 is 17.3 Å². The van der Waals surface area contributed by atoms with Crippen molar-refractivity contribution in [3.8, 4) is 0 Å². The molecule has 0 spiro atoms. The number of amides is 1. The van der Waals surface area contributed by atoms with E-state index >= 15 is 0 Å². The minimum atomic E-state index is -0.381. The fourth-order valence-corrected chi connectivity index (χ4v) is 3.09. The first-order valence-electron chi connectivity index (χ1n) is 6.67. The molecule has 1 atom stereocenters. The van der Waals surface area contributed by atoms with Gasteiger partial charge in [0, 0.05) is 13.0 Å². The van der Waals surface area contributed by atoms with Gasteiger partial charge >= 0.3 is 0 Å². The van der Waals surface area contributed by atoms with Crippen LogP contribution >= 0.6 is 0 Å². The summed E-state index contributed by atoms with van der Waals surface area (Å²) in [5, 5.41) is 2.70. The number of carbonyl (C=O) groups is 1. The molecule has 4 heteroatoms. The highest BCUT2D eigenvalue weighted by atomic mass is 19.1. The number of nitrogens with one attached hydrogen (secondary N) is 1. The molecule has 1 N–H and O–H groups in total. The molecule has 20 heavy (non-hydrogen) atoms. The number of anilines is 2. The Kier molecular flexibility index (Phi) is 2.33. The van der Waals surface area contributed by atoms with Crippen molar-refractivity contribution in [2.45, 2.75) is 19.0 Å². The van der Waals surface area contributed by atoms with E-state index in [-0.39, 0.29) is 17.8 Å². The molecule has 1 amide bonds. The van der Waals surface area contributed by atoms with E-state index in [9.17, 15) is 9.18 Å². The molecule has 1 unspecified atom stereocenters. The second-order valence-corrected chi connectivity index (χ2v) is 5.24. The summed E-state index contributed by atoms with van der Waals surface area (Å²) < 4.78 is 13.9. The summed E-state index contributed by atoms with van der Waals surface area (Å²) in [6.45, 7) is 0.644. The highest BCUT2D eigenvalue weighted by Gasteiger charge is 2.37. The minimum absolute atomic E-state index is 0.128. The number of hydrogen-bond acceptors (Lipinski definition) is 2. The first-order valence-corrected chi connectivity index (χ1v) is 6.67. The second kappa shape index (κ2) is 4.07. The lowest BCUT2D eigenvalue weighted by Gasteiger charge is -2.41. The number of rotatable bonds is 0. The van der Waals surface area contributed by atoms with Crippen LogP contribution in [-0.2, 0) is 17.8 Å². The van der Waals surface area contributed by atoms with E-state index in [2.05, 4.69) is 17.4 Å². The number of halogens is 1. The van der Waals surface area contributed by atoms with E-state index in [0.717, 1.165) is 5.69 Å². The van der Waals surface area contributed by atoms with E-state index in [1.54, 1.807) is 6.07 Å². The van der Waals surface area contributed by atoms with Gasteiger partial charge in [-0.15, -0.1) is 0 Å². The lowest BCUT2D eigenvalue weighted by atomic mass is 9.91. The Hall–Kier alpha value is -2.36. The van der Waals surface area contributed by atoms with Gasteiger partial charge in [-0.3, -0.25) is 4.79 Å². The van der Waals surface area contributed by atoms with E-state index in [0.29, 0.717) is 18.7 Å². The van der Waals surface area contributed by atoms with Crippen molar-refractivity contribution in [1.29, 1.82) is 0 Å². The van der Waals surface area contributed by atoms with Gasteiger partial charge in [-0.05, 0) is 23.3 Å². The van der Waals surface area contributed by atoms with Gasteiger partial charge in [0.1, 0.15) is 17.5 Å². The zero-order chi connectivity index (χ0) is 13.7. The largest absolute Gasteiger partial charge is 0.353 e. The van der Waals surface area contributed by atoms with Crippen LogP contribution in [0.5, 0.6) is 0 Å². The van der Waals surface area contributed by atoms with Gasteiger partial charge in [0.15, 0.2) is 0 Å². The molecule has 2 aromatic carbocycles. The summed E-state index contributed by atoms with van der Waals surface area (Å²) in [4.78, 5) is 14.2. The summed E-state index contributed by atoms with van der Waals surface area (Å²) in [6.07, 6.45) is 0.665. The van der Waals surface area contributed by atoms with Crippen molar-refractivity contribution < 1.29 is 9.18 Å². The molecule has 2 aromatic rings. The van der Waals surface area contributed by atoms with E-state index < -0.39 is 0 Å². The van der Waals surface area contributed by atoms with Crippen molar-refractivity contribution in [1.82, 2.24) is 0 Å². The van der Waals surface area contributed by atoms with Crippen molar-refractivity contribution in [3.63, 3.8) is 0 Å². The molecule has 100 valence electrons. The van der Waals surface area contributed by atoms with Gasteiger partial charge in [-0.1, -0.05) is 30.3 Å². The fourth-order valence-electron chi connectivity index (χ4n) is 3.09. The van der Waals surface area contributed by atoms with Crippen LogP contribution in [-0.4, -0.2) is 11.9 Å². The van der Waals surface area contributed by atoms with Crippen LogP contribution in [0.25, 0.3) is 0 Å². The Morgan fingerprint density at radius 3 is 2.75 bits per heavy atom. The van der Waals surface area contributed by atoms with Crippen molar-refractivity contribution in [2.75, 3.05) is 10.2 Å². The summed E-state index contributed by atoms with van der Waals surface area (Å²) in [5.74, 6) is -0.509. The minimum Gasteiger partial charge on any atom is -0.353 e. The quantitative estimate of drug-likeness (QED) is 0.796. The number of nitrogens with zero attached hydrogens (tertiary/aromatic N) is 1. The van der Waals surface area contributed by atoms with Crippen LogP contribution < -0.4 is 10.2 Å². The summed E-state index contributed by atoms with van der Waals surface area (Å²) in [7, 11) is 0. The summed E-state index contributed by atoms with van der Waals surface area (Å²) in [5.41, 5.74) is 3.47.